The summed E-state index contributed by atoms with van der Waals surface area (Å²) in [7, 11) is 0. The monoisotopic (exact) mass is 333 g/mol. The number of hydrogen-bond acceptors (Lipinski definition) is 3. The van der Waals surface area contributed by atoms with E-state index in [-0.39, 0.29) is 23.5 Å². The highest BCUT2D eigenvalue weighted by atomic mass is 16.3. The Morgan fingerprint density at radius 1 is 1.04 bits per heavy atom. The first-order valence-electron chi connectivity index (χ1n) is 10.2. The lowest BCUT2D eigenvalue weighted by molar-refractivity contribution is -0.143. The van der Waals surface area contributed by atoms with Crippen molar-refractivity contribution >= 4 is 5.78 Å². The maximum atomic E-state index is 12.3. The molecule has 0 saturated heterocycles. The van der Waals surface area contributed by atoms with Crippen LogP contribution in [0.25, 0.3) is 0 Å². The van der Waals surface area contributed by atoms with Crippen molar-refractivity contribution in [3.63, 3.8) is 0 Å². The minimum atomic E-state index is -0.0873. The molecule has 0 heterocycles. The lowest BCUT2D eigenvalue weighted by atomic mass is 9.43. The van der Waals surface area contributed by atoms with E-state index in [0.29, 0.717) is 29.0 Å². The topological polar surface area (TPSA) is 63.3 Å². The minimum absolute atomic E-state index is 0.0182. The van der Waals surface area contributed by atoms with Crippen LogP contribution in [0.1, 0.15) is 72.1 Å². The molecule has 3 nitrogen and oxygen atoms in total. The van der Waals surface area contributed by atoms with E-state index in [1.807, 2.05) is 0 Å². The number of carbonyl (C=O) groups excluding carboxylic acids is 1. The molecule has 3 heteroatoms. The quantitative estimate of drug-likeness (QED) is 0.771. The van der Waals surface area contributed by atoms with E-state index in [1.165, 1.54) is 19.3 Å². The number of fused-ring (bicyclic) bond motifs is 5. The van der Waals surface area contributed by atoms with Crippen molar-refractivity contribution in [2.24, 2.45) is 46.2 Å². The molecule has 0 aliphatic heterocycles. The standard InChI is InChI=1S/C21H35NO2/c1-12(23)16-6-7-17-15-5-4-13-10-14(24)8-9-20(13,2)18(15)11-19(22)21(16,17)3/h13-19,24H,4-11,22H2,1-3H3/t13-,14+,15-,16+,17-,18-,19+,20-,21+/m0/s1. The molecule has 0 aromatic carbocycles. The van der Waals surface area contributed by atoms with Crippen LogP contribution in [0, 0.1) is 40.4 Å². The van der Waals surface area contributed by atoms with Gasteiger partial charge in [0, 0.05) is 12.0 Å². The van der Waals surface area contributed by atoms with E-state index in [4.69, 9.17) is 5.73 Å². The van der Waals surface area contributed by atoms with Gasteiger partial charge in [0.25, 0.3) is 0 Å². The summed E-state index contributed by atoms with van der Waals surface area (Å²) in [5, 5.41) is 10.1. The highest BCUT2D eigenvalue weighted by Crippen LogP contribution is 2.67. The van der Waals surface area contributed by atoms with E-state index >= 15 is 0 Å². The van der Waals surface area contributed by atoms with Gasteiger partial charge in [-0.1, -0.05) is 13.8 Å². The summed E-state index contributed by atoms with van der Waals surface area (Å²) in [4.78, 5) is 12.3. The SMILES string of the molecule is CC(=O)[C@H]1CC[C@H]2[C@@H]3CC[C@H]4C[C@H](O)CC[C@]4(C)[C@H]3C[C@@H](N)[C@]12C. The van der Waals surface area contributed by atoms with Crippen LogP contribution in [-0.2, 0) is 4.79 Å². The summed E-state index contributed by atoms with van der Waals surface area (Å²) >= 11 is 0. The molecular weight excluding hydrogens is 298 g/mol. The van der Waals surface area contributed by atoms with Crippen LogP contribution < -0.4 is 5.73 Å². The van der Waals surface area contributed by atoms with Gasteiger partial charge < -0.3 is 10.8 Å². The van der Waals surface area contributed by atoms with E-state index in [9.17, 15) is 9.90 Å². The molecule has 0 unspecified atom stereocenters. The number of hydrogen-bond donors (Lipinski definition) is 2. The number of aliphatic hydroxyl groups excluding tert-OH is 1. The molecule has 4 fully saturated rings. The number of aliphatic hydroxyl groups is 1. The van der Waals surface area contributed by atoms with Gasteiger partial charge >= 0.3 is 0 Å². The molecule has 9 atom stereocenters. The molecule has 4 aliphatic carbocycles. The Hall–Kier alpha value is -0.410. The fourth-order valence-corrected chi connectivity index (χ4v) is 7.95. The molecule has 0 aromatic rings. The second kappa shape index (κ2) is 5.54. The van der Waals surface area contributed by atoms with Gasteiger partial charge in [-0.25, -0.2) is 0 Å². The first kappa shape index (κ1) is 17.0. The second-order valence-corrected chi connectivity index (χ2v) is 10.0. The van der Waals surface area contributed by atoms with Gasteiger partial charge in [-0.15, -0.1) is 0 Å². The second-order valence-electron chi connectivity index (χ2n) is 10.0. The van der Waals surface area contributed by atoms with Crippen molar-refractivity contribution in [3.05, 3.63) is 0 Å². The molecule has 0 radical (unpaired) electrons. The highest BCUT2D eigenvalue weighted by Gasteiger charge is 2.63. The van der Waals surface area contributed by atoms with Gasteiger partial charge in [-0.2, -0.15) is 0 Å². The Bertz CT molecular complexity index is 534. The van der Waals surface area contributed by atoms with Crippen molar-refractivity contribution in [2.45, 2.75) is 84.3 Å². The van der Waals surface area contributed by atoms with Crippen LogP contribution in [0.2, 0.25) is 0 Å². The lowest BCUT2D eigenvalue weighted by Crippen LogP contribution is -2.61. The normalized spacial score (nSPS) is 57.0. The lowest BCUT2D eigenvalue weighted by Gasteiger charge is -2.62. The minimum Gasteiger partial charge on any atom is -0.393 e. The Morgan fingerprint density at radius 3 is 2.50 bits per heavy atom. The first-order valence-corrected chi connectivity index (χ1v) is 10.2. The van der Waals surface area contributed by atoms with Crippen LogP contribution in [0.3, 0.4) is 0 Å². The summed E-state index contributed by atoms with van der Waals surface area (Å²) in [5.74, 6) is 3.28. The fraction of sp³-hybridized carbons (Fsp3) is 0.952. The molecule has 0 bridgehead atoms. The Kier molecular flexibility index (Phi) is 3.93. The number of rotatable bonds is 1. The largest absolute Gasteiger partial charge is 0.393 e. The molecule has 24 heavy (non-hydrogen) atoms. The fourth-order valence-electron chi connectivity index (χ4n) is 7.95. The number of ketones is 1. The number of Topliss-reactive ketones (excluding diaryl/α,β-unsaturated/α-hetero) is 1. The van der Waals surface area contributed by atoms with Gasteiger partial charge in [0.05, 0.1) is 6.10 Å². The third kappa shape index (κ3) is 2.13. The van der Waals surface area contributed by atoms with Gasteiger partial charge in [0.1, 0.15) is 5.78 Å². The van der Waals surface area contributed by atoms with Crippen LogP contribution in [-0.4, -0.2) is 23.0 Å². The van der Waals surface area contributed by atoms with Crippen molar-refractivity contribution in [2.75, 3.05) is 0 Å². The summed E-state index contributed by atoms with van der Waals surface area (Å²) in [5.41, 5.74) is 7.17. The van der Waals surface area contributed by atoms with E-state index in [2.05, 4.69) is 13.8 Å². The molecule has 4 rings (SSSR count). The smallest absolute Gasteiger partial charge is 0.133 e. The van der Waals surface area contributed by atoms with Crippen molar-refractivity contribution in [3.8, 4) is 0 Å². The Morgan fingerprint density at radius 2 is 1.79 bits per heavy atom. The predicted molar refractivity (Wildman–Crippen MR) is 95.3 cm³/mol. The Balaban J connectivity index is 1.66. The zero-order chi connectivity index (χ0) is 17.3. The van der Waals surface area contributed by atoms with Crippen LogP contribution in [0.4, 0.5) is 0 Å². The van der Waals surface area contributed by atoms with Crippen LogP contribution in [0.5, 0.6) is 0 Å². The first-order chi connectivity index (χ1) is 11.3. The average molecular weight is 334 g/mol. The summed E-state index contributed by atoms with van der Waals surface area (Å²) < 4.78 is 0. The zero-order valence-electron chi connectivity index (χ0n) is 15.6. The molecule has 136 valence electrons. The van der Waals surface area contributed by atoms with E-state index < -0.39 is 0 Å². The van der Waals surface area contributed by atoms with Gasteiger partial charge in [-0.3, -0.25) is 4.79 Å². The van der Waals surface area contributed by atoms with E-state index in [0.717, 1.165) is 38.0 Å². The average Bonchev–Trinajstić information content (AvgIpc) is 2.88. The maximum Gasteiger partial charge on any atom is 0.133 e. The molecule has 4 saturated carbocycles. The highest BCUT2D eigenvalue weighted by molar-refractivity contribution is 5.79. The maximum absolute atomic E-state index is 12.3. The summed E-state index contributed by atoms with van der Waals surface area (Å²) in [6, 6.07) is 0.155. The molecule has 4 aliphatic rings. The number of nitrogens with two attached hydrogens (primary N) is 1. The molecule has 3 N–H and O–H groups in total. The molecular formula is C21H35NO2. The van der Waals surface area contributed by atoms with Crippen molar-refractivity contribution < 1.29 is 9.90 Å². The molecule has 0 amide bonds. The van der Waals surface area contributed by atoms with Gasteiger partial charge in [0.15, 0.2) is 0 Å². The van der Waals surface area contributed by atoms with Crippen LogP contribution >= 0.6 is 0 Å². The van der Waals surface area contributed by atoms with Gasteiger partial charge in [0.2, 0.25) is 0 Å². The third-order valence-corrected chi connectivity index (χ3v) is 9.35. The van der Waals surface area contributed by atoms with Crippen LogP contribution in [0.15, 0.2) is 0 Å². The Labute approximate surface area is 146 Å². The molecule has 0 spiro atoms. The molecule has 0 aromatic heterocycles. The summed E-state index contributed by atoms with van der Waals surface area (Å²) in [6.45, 7) is 6.60. The summed E-state index contributed by atoms with van der Waals surface area (Å²) in [6.07, 6.45) is 8.91. The number of carbonyl (C=O) groups is 1. The predicted octanol–water partition coefficient (Wildman–Crippen LogP) is 3.53. The van der Waals surface area contributed by atoms with Crippen molar-refractivity contribution in [1.82, 2.24) is 0 Å². The van der Waals surface area contributed by atoms with E-state index in [1.54, 1.807) is 6.92 Å². The zero-order valence-corrected chi connectivity index (χ0v) is 15.6. The van der Waals surface area contributed by atoms with Gasteiger partial charge in [-0.05, 0) is 92.8 Å². The third-order valence-electron chi connectivity index (χ3n) is 9.35. The van der Waals surface area contributed by atoms with Crippen molar-refractivity contribution in [1.29, 1.82) is 0 Å².